The lowest BCUT2D eigenvalue weighted by atomic mass is 9.97. The van der Waals surface area contributed by atoms with Crippen LogP contribution in [0.15, 0.2) is 18.6 Å². The molecule has 7 nitrogen and oxygen atoms in total. The second-order valence-electron chi connectivity index (χ2n) is 7.28. The molecule has 1 aromatic heterocycles. The Kier molecular flexibility index (Phi) is 7.66. The SMILES string of the molecule is Cl.Cl.N#CC1CCCN1C(=O)CNC1CC2CCC(C1)N2c1cnccn1. The van der Waals surface area contributed by atoms with Crippen LogP contribution in [0.5, 0.6) is 0 Å². The highest BCUT2D eigenvalue weighted by molar-refractivity contribution is 5.85. The van der Waals surface area contributed by atoms with Crippen LogP contribution in [-0.4, -0.2) is 58.0 Å². The Morgan fingerprint density at radius 3 is 2.59 bits per heavy atom. The van der Waals surface area contributed by atoms with Crippen LogP contribution in [0.25, 0.3) is 0 Å². The molecule has 3 aliphatic rings. The molecule has 1 amide bonds. The molecule has 1 N–H and O–H groups in total. The predicted molar refractivity (Wildman–Crippen MR) is 107 cm³/mol. The molecule has 1 aromatic rings. The molecule has 0 spiro atoms. The van der Waals surface area contributed by atoms with Gasteiger partial charge in [0.2, 0.25) is 5.91 Å². The fourth-order valence-electron chi connectivity index (χ4n) is 4.67. The summed E-state index contributed by atoms with van der Waals surface area (Å²) in [4.78, 5) is 25.2. The second kappa shape index (κ2) is 9.54. The number of nitrogens with zero attached hydrogens (tertiary/aromatic N) is 5. The topological polar surface area (TPSA) is 85.2 Å². The number of hydrogen-bond acceptors (Lipinski definition) is 6. The highest BCUT2D eigenvalue weighted by Gasteiger charge is 2.41. The third-order valence-electron chi connectivity index (χ3n) is 5.81. The minimum absolute atomic E-state index is 0. The summed E-state index contributed by atoms with van der Waals surface area (Å²) in [5.74, 6) is 1.03. The van der Waals surface area contributed by atoms with Gasteiger partial charge in [-0.15, -0.1) is 24.8 Å². The second-order valence-corrected chi connectivity index (χ2v) is 7.28. The fraction of sp³-hybridized carbons (Fsp3) is 0.667. The maximum absolute atomic E-state index is 12.4. The smallest absolute Gasteiger partial charge is 0.237 e. The monoisotopic (exact) mass is 412 g/mol. The molecule has 2 bridgehead atoms. The quantitative estimate of drug-likeness (QED) is 0.812. The predicted octanol–water partition coefficient (Wildman–Crippen LogP) is 1.92. The van der Waals surface area contributed by atoms with Crippen molar-refractivity contribution in [3.8, 4) is 6.07 Å². The molecule has 4 heterocycles. The summed E-state index contributed by atoms with van der Waals surface area (Å²) in [6.45, 7) is 1.06. The summed E-state index contributed by atoms with van der Waals surface area (Å²) in [7, 11) is 0. The number of nitriles is 1. The van der Waals surface area contributed by atoms with E-state index in [2.05, 4.69) is 26.3 Å². The van der Waals surface area contributed by atoms with Gasteiger partial charge in [-0.3, -0.25) is 9.78 Å². The Bertz CT molecular complexity index is 656. The standard InChI is InChI=1S/C18H24N6O.2ClH/c19-10-16-2-1-7-23(16)18(25)12-22-13-8-14-3-4-15(9-13)24(14)17-11-20-5-6-21-17;;/h5-6,11,13-16,22H,1-4,7-9,12H2;2*1H. The number of hydrogen-bond donors (Lipinski definition) is 1. The van der Waals surface area contributed by atoms with Crippen LogP contribution < -0.4 is 10.2 Å². The lowest BCUT2D eigenvalue weighted by molar-refractivity contribution is -0.130. The van der Waals surface area contributed by atoms with Gasteiger partial charge in [-0.25, -0.2) is 4.98 Å². The van der Waals surface area contributed by atoms with Gasteiger partial charge < -0.3 is 15.1 Å². The lowest BCUT2D eigenvalue weighted by Crippen LogP contribution is -2.51. The number of fused-ring (bicyclic) bond motifs is 2. The number of aromatic nitrogens is 2. The number of amides is 1. The third kappa shape index (κ3) is 4.45. The minimum atomic E-state index is -0.232. The van der Waals surface area contributed by atoms with Crippen LogP contribution in [0.4, 0.5) is 5.82 Å². The summed E-state index contributed by atoms with van der Waals surface area (Å²) in [5, 5.41) is 12.6. The molecule has 3 atom stereocenters. The van der Waals surface area contributed by atoms with Gasteiger partial charge in [-0.2, -0.15) is 5.26 Å². The number of carbonyl (C=O) groups excluding carboxylic acids is 1. The summed E-state index contributed by atoms with van der Waals surface area (Å²) in [5.41, 5.74) is 0. The van der Waals surface area contributed by atoms with Gasteiger partial charge in [-0.05, 0) is 38.5 Å². The van der Waals surface area contributed by atoms with Crippen molar-refractivity contribution in [1.82, 2.24) is 20.2 Å². The van der Waals surface area contributed by atoms with Gasteiger partial charge >= 0.3 is 0 Å². The van der Waals surface area contributed by atoms with Gasteiger partial charge in [0.15, 0.2) is 0 Å². The number of likely N-dealkylation sites (tertiary alicyclic amines) is 1. The van der Waals surface area contributed by atoms with E-state index in [1.165, 1.54) is 12.8 Å². The zero-order valence-corrected chi connectivity index (χ0v) is 16.8. The molecule has 27 heavy (non-hydrogen) atoms. The maximum atomic E-state index is 12.4. The van der Waals surface area contributed by atoms with Crippen molar-refractivity contribution in [2.24, 2.45) is 0 Å². The number of rotatable bonds is 4. The van der Waals surface area contributed by atoms with Gasteiger partial charge in [0, 0.05) is 37.1 Å². The van der Waals surface area contributed by atoms with E-state index < -0.39 is 0 Å². The third-order valence-corrected chi connectivity index (χ3v) is 5.81. The Labute approximate surface area is 172 Å². The van der Waals surface area contributed by atoms with E-state index in [1.807, 2.05) is 6.20 Å². The van der Waals surface area contributed by atoms with Crippen LogP contribution in [0.1, 0.15) is 38.5 Å². The average Bonchev–Trinajstić information content (AvgIpc) is 3.23. The highest BCUT2D eigenvalue weighted by Crippen LogP contribution is 2.38. The van der Waals surface area contributed by atoms with Crippen molar-refractivity contribution in [3.05, 3.63) is 18.6 Å². The van der Waals surface area contributed by atoms with E-state index in [0.29, 0.717) is 24.7 Å². The van der Waals surface area contributed by atoms with Crippen LogP contribution in [0, 0.1) is 11.3 Å². The summed E-state index contributed by atoms with van der Waals surface area (Å²) in [6.07, 6.45) is 11.5. The van der Waals surface area contributed by atoms with Gasteiger partial charge in [0.1, 0.15) is 11.9 Å². The largest absolute Gasteiger partial charge is 0.349 e. The van der Waals surface area contributed by atoms with Gasteiger partial charge in [0.05, 0.1) is 18.8 Å². The fourth-order valence-corrected chi connectivity index (χ4v) is 4.67. The first-order valence-electron chi connectivity index (χ1n) is 9.23. The molecule has 9 heteroatoms. The number of piperidine rings is 1. The molecule has 148 valence electrons. The molecule has 3 fully saturated rings. The Morgan fingerprint density at radius 1 is 1.22 bits per heavy atom. The first-order valence-corrected chi connectivity index (χ1v) is 9.23. The number of anilines is 1. The van der Waals surface area contributed by atoms with Crippen molar-refractivity contribution in [3.63, 3.8) is 0 Å². The number of halogens is 2. The van der Waals surface area contributed by atoms with Crippen LogP contribution in [0.2, 0.25) is 0 Å². The zero-order valence-electron chi connectivity index (χ0n) is 15.2. The summed E-state index contributed by atoms with van der Waals surface area (Å²) >= 11 is 0. The zero-order chi connectivity index (χ0) is 17.2. The van der Waals surface area contributed by atoms with E-state index in [0.717, 1.165) is 38.0 Å². The molecule has 0 aliphatic carbocycles. The van der Waals surface area contributed by atoms with E-state index >= 15 is 0 Å². The molecule has 4 rings (SSSR count). The van der Waals surface area contributed by atoms with E-state index in [1.54, 1.807) is 17.3 Å². The van der Waals surface area contributed by atoms with Crippen molar-refractivity contribution >= 4 is 36.5 Å². The van der Waals surface area contributed by atoms with E-state index in [9.17, 15) is 4.79 Å². The van der Waals surface area contributed by atoms with Crippen molar-refractivity contribution in [2.75, 3.05) is 18.0 Å². The first kappa shape index (κ1) is 21.7. The average molecular weight is 413 g/mol. The number of carbonyl (C=O) groups is 1. The van der Waals surface area contributed by atoms with E-state index in [-0.39, 0.29) is 36.8 Å². The minimum Gasteiger partial charge on any atom is -0.349 e. The van der Waals surface area contributed by atoms with Crippen LogP contribution in [0.3, 0.4) is 0 Å². The van der Waals surface area contributed by atoms with Crippen molar-refractivity contribution in [2.45, 2.75) is 62.7 Å². The molecule has 3 unspecified atom stereocenters. The van der Waals surface area contributed by atoms with Crippen molar-refractivity contribution < 1.29 is 4.79 Å². The molecular formula is C18H26Cl2N6O. The summed E-state index contributed by atoms with van der Waals surface area (Å²) in [6, 6.07) is 3.31. The highest BCUT2D eigenvalue weighted by atomic mass is 35.5. The Hall–Kier alpha value is -1.62. The molecule has 0 radical (unpaired) electrons. The van der Waals surface area contributed by atoms with Crippen LogP contribution in [-0.2, 0) is 4.79 Å². The maximum Gasteiger partial charge on any atom is 0.237 e. The van der Waals surface area contributed by atoms with Crippen LogP contribution >= 0.6 is 24.8 Å². The molecular weight excluding hydrogens is 387 g/mol. The molecule has 0 aromatic carbocycles. The van der Waals surface area contributed by atoms with E-state index in [4.69, 9.17) is 5.26 Å². The summed E-state index contributed by atoms with van der Waals surface area (Å²) < 4.78 is 0. The molecule has 3 saturated heterocycles. The first-order chi connectivity index (χ1) is 12.3. The van der Waals surface area contributed by atoms with Gasteiger partial charge in [-0.1, -0.05) is 0 Å². The Morgan fingerprint density at radius 2 is 1.96 bits per heavy atom. The Balaban J connectivity index is 0.00000131. The molecule has 0 saturated carbocycles. The lowest BCUT2D eigenvalue weighted by Gasteiger charge is -2.40. The molecule has 3 aliphatic heterocycles. The van der Waals surface area contributed by atoms with Gasteiger partial charge in [0.25, 0.3) is 0 Å². The number of nitrogens with one attached hydrogen (secondary N) is 1. The normalized spacial score (nSPS) is 28.9. The van der Waals surface area contributed by atoms with Crippen molar-refractivity contribution in [1.29, 1.82) is 5.26 Å².